The third kappa shape index (κ3) is 4.09. The Morgan fingerprint density at radius 2 is 1.83 bits per heavy atom. The van der Waals surface area contributed by atoms with Crippen LogP contribution in [0.5, 0.6) is 0 Å². The minimum absolute atomic E-state index is 0.0107. The van der Waals surface area contributed by atoms with Crippen LogP contribution in [-0.2, 0) is 12.0 Å². The van der Waals surface area contributed by atoms with Gasteiger partial charge in [-0.1, -0.05) is 26.8 Å². The van der Waals surface area contributed by atoms with E-state index < -0.39 is 0 Å². The Hall–Kier alpha value is -2.96. The smallest absolute Gasteiger partial charge is 0.259 e. The van der Waals surface area contributed by atoms with Crippen molar-refractivity contribution in [2.45, 2.75) is 45.6 Å². The predicted octanol–water partition coefficient (Wildman–Crippen LogP) is 2.47. The van der Waals surface area contributed by atoms with Crippen molar-refractivity contribution in [3.63, 3.8) is 0 Å². The van der Waals surface area contributed by atoms with Crippen LogP contribution in [0, 0.1) is 5.92 Å². The molecule has 0 bridgehead atoms. The maximum atomic E-state index is 12.5. The quantitative estimate of drug-likeness (QED) is 0.684. The molecule has 1 fully saturated rings. The number of anilines is 1. The zero-order valence-corrected chi connectivity index (χ0v) is 17.2. The molecule has 7 heteroatoms. The van der Waals surface area contributed by atoms with Gasteiger partial charge in [-0.25, -0.2) is 9.97 Å². The molecule has 0 unspecified atom stereocenters. The summed E-state index contributed by atoms with van der Waals surface area (Å²) in [6.07, 6.45) is 5.31. The van der Waals surface area contributed by atoms with Gasteiger partial charge in [0.05, 0.1) is 12.0 Å². The average Bonchev–Trinajstić information content (AvgIpc) is 2.69. The molecule has 7 nitrogen and oxygen atoms in total. The van der Waals surface area contributed by atoms with Crippen molar-refractivity contribution in [1.82, 2.24) is 18.9 Å². The van der Waals surface area contributed by atoms with E-state index in [-0.39, 0.29) is 16.5 Å². The first-order chi connectivity index (χ1) is 13.8. The highest BCUT2D eigenvalue weighted by molar-refractivity contribution is 5.48. The van der Waals surface area contributed by atoms with Crippen LogP contribution >= 0.6 is 0 Å². The van der Waals surface area contributed by atoms with Crippen LogP contribution in [-0.4, -0.2) is 32.0 Å². The van der Waals surface area contributed by atoms with Crippen molar-refractivity contribution in [3.05, 3.63) is 69.3 Å². The molecular weight excluding hydrogens is 366 g/mol. The molecule has 4 rings (SSSR count). The largest absolute Gasteiger partial charge is 0.356 e. The molecule has 0 N–H and O–H groups in total. The summed E-state index contributed by atoms with van der Waals surface area (Å²) in [4.78, 5) is 36.1. The number of piperidine rings is 1. The van der Waals surface area contributed by atoms with Gasteiger partial charge < -0.3 is 4.90 Å². The molecule has 0 aromatic carbocycles. The van der Waals surface area contributed by atoms with Gasteiger partial charge in [0.1, 0.15) is 11.5 Å². The van der Waals surface area contributed by atoms with Crippen molar-refractivity contribution in [3.8, 4) is 0 Å². The highest BCUT2D eigenvalue weighted by atomic mass is 16.1. The summed E-state index contributed by atoms with van der Waals surface area (Å²) in [7, 11) is 0. The van der Waals surface area contributed by atoms with Gasteiger partial charge in [0.25, 0.3) is 11.1 Å². The number of hydrogen-bond donors (Lipinski definition) is 0. The second-order valence-corrected chi connectivity index (χ2v) is 8.83. The first kappa shape index (κ1) is 19.4. The molecule has 1 aliphatic rings. The topological polar surface area (TPSA) is 72.5 Å². The van der Waals surface area contributed by atoms with E-state index in [2.05, 4.69) is 35.6 Å². The summed E-state index contributed by atoms with van der Waals surface area (Å²) in [6.45, 7) is 8.49. The lowest BCUT2D eigenvalue weighted by molar-refractivity contribution is 0.349. The molecule has 1 saturated heterocycles. The maximum Gasteiger partial charge on any atom is 0.259 e. The number of pyridine rings is 1. The third-order valence-corrected chi connectivity index (χ3v) is 5.60. The van der Waals surface area contributed by atoms with E-state index in [4.69, 9.17) is 0 Å². The number of rotatable bonds is 3. The highest BCUT2D eigenvalue weighted by Crippen LogP contribution is 2.23. The minimum Gasteiger partial charge on any atom is -0.356 e. The summed E-state index contributed by atoms with van der Waals surface area (Å²) in [5.74, 6) is 1.14. The van der Waals surface area contributed by atoms with Crippen LogP contribution < -0.4 is 16.0 Å². The Bertz CT molecular complexity index is 1130. The summed E-state index contributed by atoms with van der Waals surface area (Å²) < 4.78 is 3.27. The molecule has 0 spiro atoms. The van der Waals surface area contributed by atoms with Gasteiger partial charge >= 0.3 is 0 Å². The maximum absolute atomic E-state index is 12.5. The van der Waals surface area contributed by atoms with E-state index in [1.54, 1.807) is 33.6 Å². The number of fused-ring (bicyclic) bond motifs is 1. The first-order valence-corrected chi connectivity index (χ1v) is 10.1. The van der Waals surface area contributed by atoms with Crippen molar-refractivity contribution < 1.29 is 0 Å². The van der Waals surface area contributed by atoms with Gasteiger partial charge in [-0.2, -0.15) is 0 Å². The zero-order valence-electron chi connectivity index (χ0n) is 17.2. The van der Waals surface area contributed by atoms with Crippen LogP contribution in [0.1, 0.15) is 39.3 Å². The Balaban J connectivity index is 1.44. The number of nitrogens with zero attached hydrogens (tertiary/aromatic N) is 5. The van der Waals surface area contributed by atoms with Crippen molar-refractivity contribution >= 4 is 11.5 Å². The normalized spacial score (nSPS) is 15.8. The summed E-state index contributed by atoms with van der Waals surface area (Å²) in [5.41, 5.74) is 1.30. The molecule has 0 atom stereocenters. The molecule has 0 saturated carbocycles. The fraction of sp³-hybridized carbons (Fsp3) is 0.455. The van der Waals surface area contributed by atoms with E-state index >= 15 is 0 Å². The van der Waals surface area contributed by atoms with E-state index in [1.165, 1.54) is 0 Å². The fourth-order valence-corrected chi connectivity index (χ4v) is 3.80. The first-order valence-electron chi connectivity index (χ1n) is 10.1. The van der Waals surface area contributed by atoms with E-state index in [0.717, 1.165) is 37.4 Å². The molecular formula is C22H27N5O2. The van der Waals surface area contributed by atoms with E-state index in [9.17, 15) is 9.59 Å². The molecule has 1 aliphatic heterocycles. The summed E-state index contributed by atoms with van der Waals surface area (Å²) in [5, 5.41) is 0. The van der Waals surface area contributed by atoms with E-state index in [0.29, 0.717) is 18.1 Å². The second-order valence-electron chi connectivity index (χ2n) is 8.83. The van der Waals surface area contributed by atoms with Gasteiger partial charge in [-0.15, -0.1) is 0 Å². The molecule has 0 amide bonds. The SMILES string of the molecule is CC(C)(C)c1cc(=O)n(CC2CCN(c3cc(=O)n4ccccc4n3)CC2)cn1. The van der Waals surface area contributed by atoms with Crippen LogP contribution in [0.3, 0.4) is 0 Å². The standard InChI is InChI=1S/C22H27N5O2/c1-22(2,3)17-12-20(28)26(15-23-17)14-16-7-10-25(11-8-16)19-13-21(29)27-9-5-4-6-18(27)24-19/h4-6,9,12-13,15-16H,7-8,10-11,14H2,1-3H3. The number of aromatic nitrogens is 4. The molecule has 29 heavy (non-hydrogen) atoms. The van der Waals surface area contributed by atoms with Crippen LogP contribution in [0.15, 0.2) is 52.4 Å². The molecule has 3 aromatic heterocycles. The Kier molecular flexibility index (Phi) is 4.98. The van der Waals surface area contributed by atoms with Crippen LogP contribution in [0.2, 0.25) is 0 Å². The van der Waals surface area contributed by atoms with Gasteiger partial charge in [-0.3, -0.25) is 18.6 Å². The lowest BCUT2D eigenvalue weighted by Crippen LogP contribution is -2.37. The molecule has 152 valence electrons. The lowest BCUT2D eigenvalue weighted by Gasteiger charge is -2.33. The van der Waals surface area contributed by atoms with Crippen molar-refractivity contribution in [2.24, 2.45) is 5.92 Å². The second kappa shape index (κ2) is 7.46. The average molecular weight is 393 g/mol. The van der Waals surface area contributed by atoms with Crippen LogP contribution in [0.25, 0.3) is 5.65 Å². The zero-order chi connectivity index (χ0) is 20.6. The van der Waals surface area contributed by atoms with Crippen LogP contribution in [0.4, 0.5) is 5.82 Å². The number of hydrogen-bond acceptors (Lipinski definition) is 5. The molecule has 3 aromatic rings. The third-order valence-electron chi connectivity index (χ3n) is 5.60. The summed E-state index contributed by atoms with van der Waals surface area (Å²) in [6, 6.07) is 8.81. The van der Waals surface area contributed by atoms with Crippen molar-refractivity contribution in [1.29, 1.82) is 0 Å². The monoisotopic (exact) mass is 393 g/mol. The Morgan fingerprint density at radius 1 is 1.07 bits per heavy atom. The van der Waals surface area contributed by atoms with E-state index in [1.807, 2.05) is 18.2 Å². The fourth-order valence-electron chi connectivity index (χ4n) is 3.80. The Labute approximate surface area is 169 Å². The molecule has 0 aliphatic carbocycles. The molecule has 0 radical (unpaired) electrons. The van der Waals surface area contributed by atoms with Crippen molar-refractivity contribution in [2.75, 3.05) is 18.0 Å². The highest BCUT2D eigenvalue weighted by Gasteiger charge is 2.22. The Morgan fingerprint density at radius 3 is 2.52 bits per heavy atom. The lowest BCUT2D eigenvalue weighted by atomic mass is 9.92. The van der Waals surface area contributed by atoms with Gasteiger partial charge in [0.15, 0.2) is 0 Å². The molecule has 4 heterocycles. The van der Waals surface area contributed by atoms with Gasteiger partial charge in [-0.05, 0) is 30.9 Å². The van der Waals surface area contributed by atoms with Gasteiger partial charge in [0.2, 0.25) is 0 Å². The van der Waals surface area contributed by atoms with Gasteiger partial charge in [0, 0.05) is 43.4 Å². The minimum atomic E-state index is -0.130. The predicted molar refractivity (Wildman–Crippen MR) is 114 cm³/mol. The summed E-state index contributed by atoms with van der Waals surface area (Å²) >= 11 is 0.